The smallest absolute Gasteiger partial charge is 0.207 e. The number of carbonyl (C=O) groups is 1. The van der Waals surface area contributed by atoms with E-state index in [1.165, 1.54) is 30.4 Å². The van der Waals surface area contributed by atoms with E-state index in [2.05, 4.69) is 36.5 Å². The van der Waals surface area contributed by atoms with E-state index in [9.17, 15) is 4.79 Å². The van der Waals surface area contributed by atoms with Gasteiger partial charge in [0.05, 0.1) is 0 Å². The zero-order chi connectivity index (χ0) is 11.6. The standard InChI is InChI=1S/C14H21NO/c1-2-3-5-13-7-9-14(10-8-13)6-4-11-15-12-16/h7-10,12H,2-6,11H2,1H3,(H,15,16). The van der Waals surface area contributed by atoms with Gasteiger partial charge in [-0.2, -0.15) is 0 Å². The number of hydrogen-bond donors (Lipinski definition) is 1. The predicted octanol–water partition coefficient (Wildman–Crippen LogP) is 2.71. The molecular formula is C14H21NO. The Morgan fingerprint density at radius 3 is 2.12 bits per heavy atom. The largest absolute Gasteiger partial charge is 0.359 e. The highest BCUT2D eigenvalue weighted by Crippen LogP contribution is 2.09. The van der Waals surface area contributed by atoms with Gasteiger partial charge in [0.15, 0.2) is 0 Å². The van der Waals surface area contributed by atoms with Crippen LogP contribution in [0.5, 0.6) is 0 Å². The Labute approximate surface area is 98.1 Å². The number of nitrogens with one attached hydrogen (secondary N) is 1. The number of aryl methyl sites for hydroxylation is 2. The van der Waals surface area contributed by atoms with Gasteiger partial charge >= 0.3 is 0 Å². The van der Waals surface area contributed by atoms with E-state index < -0.39 is 0 Å². The summed E-state index contributed by atoms with van der Waals surface area (Å²) in [5, 5.41) is 2.68. The third-order valence-corrected chi connectivity index (χ3v) is 2.71. The van der Waals surface area contributed by atoms with Gasteiger partial charge in [-0.3, -0.25) is 4.79 Å². The topological polar surface area (TPSA) is 29.1 Å². The lowest BCUT2D eigenvalue weighted by molar-refractivity contribution is -0.109. The molecule has 0 aliphatic carbocycles. The summed E-state index contributed by atoms with van der Waals surface area (Å²) in [4.78, 5) is 10.1. The second kappa shape index (κ2) is 7.91. The molecule has 0 aliphatic heterocycles. The lowest BCUT2D eigenvalue weighted by Crippen LogP contribution is -2.12. The van der Waals surface area contributed by atoms with Gasteiger partial charge in [0.25, 0.3) is 0 Å². The molecule has 0 spiro atoms. The minimum absolute atomic E-state index is 0.758. The van der Waals surface area contributed by atoms with E-state index in [1.54, 1.807) is 0 Å². The Kier molecular flexibility index (Phi) is 6.31. The molecular weight excluding hydrogens is 198 g/mol. The zero-order valence-electron chi connectivity index (χ0n) is 10.0. The second-order valence-corrected chi connectivity index (χ2v) is 4.10. The molecule has 1 rings (SSSR count). The van der Waals surface area contributed by atoms with Gasteiger partial charge in [-0.25, -0.2) is 0 Å². The quantitative estimate of drug-likeness (QED) is 0.528. The van der Waals surface area contributed by atoms with Crippen molar-refractivity contribution >= 4 is 6.41 Å². The van der Waals surface area contributed by atoms with E-state index in [1.807, 2.05) is 0 Å². The average Bonchev–Trinajstić information content (AvgIpc) is 2.33. The number of benzene rings is 1. The minimum atomic E-state index is 0.758. The van der Waals surface area contributed by atoms with Crippen molar-refractivity contribution < 1.29 is 4.79 Å². The maximum Gasteiger partial charge on any atom is 0.207 e. The van der Waals surface area contributed by atoms with Gasteiger partial charge in [-0.1, -0.05) is 37.6 Å². The Hall–Kier alpha value is -1.31. The van der Waals surface area contributed by atoms with Crippen LogP contribution < -0.4 is 5.32 Å². The maximum absolute atomic E-state index is 10.1. The van der Waals surface area contributed by atoms with Gasteiger partial charge in [0.2, 0.25) is 6.41 Å². The van der Waals surface area contributed by atoms with Crippen LogP contribution in [0.15, 0.2) is 24.3 Å². The first-order chi connectivity index (χ1) is 7.86. The Morgan fingerprint density at radius 1 is 1.06 bits per heavy atom. The van der Waals surface area contributed by atoms with Gasteiger partial charge in [-0.05, 0) is 36.8 Å². The van der Waals surface area contributed by atoms with Crippen molar-refractivity contribution in [2.75, 3.05) is 6.54 Å². The first kappa shape index (κ1) is 12.8. The molecule has 0 heterocycles. The lowest BCUT2D eigenvalue weighted by atomic mass is 10.0. The van der Waals surface area contributed by atoms with Crippen LogP contribution in [0.2, 0.25) is 0 Å². The van der Waals surface area contributed by atoms with Crippen molar-refractivity contribution in [3.05, 3.63) is 35.4 Å². The molecule has 16 heavy (non-hydrogen) atoms. The van der Waals surface area contributed by atoms with Crippen molar-refractivity contribution in [3.8, 4) is 0 Å². The summed E-state index contributed by atoms with van der Waals surface area (Å²) >= 11 is 0. The average molecular weight is 219 g/mol. The molecule has 1 aromatic carbocycles. The number of rotatable bonds is 8. The van der Waals surface area contributed by atoms with Crippen LogP contribution in [0.3, 0.4) is 0 Å². The van der Waals surface area contributed by atoms with Crippen molar-refractivity contribution in [2.24, 2.45) is 0 Å². The molecule has 0 radical (unpaired) electrons. The lowest BCUT2D eigenvalue weighted by Gasteiger charge is -2.03. The van der Waals surface area contributed by atoms with Crippen LogP contribution in [-0.4, -0.2) is 13.0 Å². The molecule has 1 amide bonds. The number of hydrogen-bond acceptors (Lipinski definition) is 1. The zero-order valence-corrected chi connectivity index (χ0v) is 10.0. The second-order valence-electron chi connectivity index (χ2n) is 4.10. The molecule has 0 fully saturated rings. The fraction of sp³-hybridized carbons (Fsp3) is 0.500. The summed E-state index contributed by atoms with van der Waals surface area (Å²) in [7, 11) is 0. The Morgan fingerprint density at radius 2 is 1.62 bits per heavy atom. The summed E-state index contributed by atoms with van der Waals surface area (Å²) in [6.45, 7) is 2.98. The van der Waals surface area contributed by atoms with Gasteiger partial charge < -0.3 is 5.32 Å². The molecule has 0 atom stereocenters. The third kappa shape index (κ3) is 4.96. The number of amides is 1. The van der Waals surface area contributed by atoms with Gasteiger partial charge in [0.1, 0.15) is 0 Å². The fourth-order valence-corrected chi connectivity index (χ4v) is 1.71. The highest BCUT2D eigenvalue weighted by molar-refractivity contribution is 5.45. The van der Waals surface area contributed by atoms with Crippen LogP contribution in [0.25, 0.3) is 0 Å². The van der Waals surface area contributed by atoms with E-state index in [0.29, 0.717) is 0 Å². The molecule has 88 valence electrons. The fourth-order valence-electron chi connectivity index (χ4n) is 1.71. The summed E-state index contributed by atoms with van der Waals surface area (Å²) in [6.07, 6.45) is 6.50. The maximum atomic E-state index is 10.1. The first-order valence-corrected chi connectivity index (χ1v) is 6.11. The molecule has 1 aromatic rings. The van der Waals surface area contributed by atoms with Crippen LogP contribution in [0.4, 0.5) is 0 Å². The predicted molar refractivity (Wildman–Crippen MR) is 67.4 cm³/mol. The molecule has 0 bridgehead atoms. The summed E-state index contributed by atoms with van der Waals surface area (Å²) < 4.78 is 0. The van der Waals surface area contributed by atoms with Crippen LogP contribution in [0, 0.1) is 0 Å². The van der Waals surface area contributed by atoms with Gasteiger partial charge in [0, 0.05) is 6.54 Å². The van der Waals surface area contributed by atoms with Crippen LogP contribution in [0.1, 0.15) is 37.3 Å². The molecule has 2 nitrogen and oxygen atoms in total. The Balaban J connectivity index is 2.30. The van der Waals surface area contributed by atoms with E-state index >= 15 is 0 Å². The minimum Gasteiger partial charge on any atom is -0.359 e. The monoisotopic (exact) mass is 219 g/mol. The van der Waals surface area contributed by atoms with E-state index in [-0.39, 0.29) is 0 Å². The van der Waals surface area contributed by atoms with Crippen molar-refractivity contribution in [1.29, 1.82) is 0 Å². The molecule has 2 heteroatoms. The van der Waals surface area contributed by atoms with Crippen LogP contribution in [-0.2, 0) is 17.6 Å². The summed E-state index contributed by atoms with van der Waals surface area (Å²) in [5.74, 6) is 0. The molecule has 1 N–H and O–H groups in total. The molecule has 0 aliphatic rings. The summed E-state index contributed by atoms with van der Waals surface area (Å²) in [6, 6.07) is 8.84. The van der Waals surface area contributed by atoms with E-state index in [0.717, 1.165) is 25.8 Å². The molecule has 0 saturated carbocycles. The normalized spacial score (nSPS) is 10.1. The SMILES string of the molecule is CCCCc1ccc(CCCNC=O)cc1. The first-order valence-electron chi connectivity index (χ1n) is 6.11. The number of unbranched alkanes of at least 4 members (excludes halogenated alkanes) is 1. The van der Waals surface area contributed by atoms with Crippen LogP contribution >= 0.6 is 0 Å². The molecule has 0 aromatic heterocycles. The van der Waals surface area contributed by atoms with Gasteiger partial charge in [-0.15, -0.1) is 0 Å². The Bertz CT molecular complexity index is 292. The van der Waals surface area contributed by atoms with Crippen molar-refractivity contribution in [3.63, 3.8) is 0 Å². The number of carbonyl (C=O) groups excluding carboxylic acids is 1. The summed E-state index contributed by atoms with van der Waals surface area (Å²) in [5.41, 5.74) is 2.78. The molecule has 0 saturated heterocycles. The molecule has 0 unspecified atom stereocenters. The third-order valence-electron chi connectivity index (χ3n) is 2.71. The van der Waals surface area contributed by atoms with E-state index in [4.69, 9.17) is 0 Å². The van der Waals surface area contributed by atoms with Crippen molar-refractivity contribution in [2.45, 2.75) is 39.0 Å². The van der Waals surface area contributed by atoms with Crippen molar-refractivity contribution in [1.82, 2.24) is 5.32 Å². The highest BCUT2D eigenvalue weighted by Gasteiger charge is 1.95. The highest BCUT2D eigenvalue weighted by atomic mass is 16.1.